The number of aliphatic imine (C=N–C) groups is 1. The van der Waals surface area contributed by atoms with Crippen molar-refractivity contribution in [1.29, 1.82) is 0 Å². The highest BCUT2D eigenvalue weighted by atomic mass is 15.1. The van der Waals surface area contributed by atoms with Crippen LogP contribution >= 0.6 is 0 Å². The van der Waals surface area contributed by atoms with Crippen LogP contribution in [0.1, 0.15) is 30.4 Å². The van der Waals surface area contributed by atoms with Gasteiger partial charge in [-0.25, -0.2) is 4.99 Å². The van der Waals surface area contributed by atoms with E-state index in [0.29, 0.717) is 12.5 Å². The minimum Gasteiger partial charge on any atom is -0.370 e. The second-order valence-corrected chi connectivity index (χ2v) is 4.75. The zero-order valence-corrected chi connectivity index (χ0v) is 10.3. The zero-order chi connectivity index (χ0) is 12.1. The second kappa shape index (κ2) is 5.66. The Labute approximate surface area is 102 Å². The summed E-state index contributed by atoms with van der Waals surface area (Å²) >= 11 is 0. The highest BCUT2D eigenvalue weighted by Gasteiger charge is 2.16. The second-order valence-electron chi connectivity index (χ2n) is 4.75. The Bertz CT molecular complexity index is 396. The number of nitrogens with two attached hydrogens (primary N) is 1. The summed E-state index contributed by atoms with van der Waals surface area (Å²) in [6.45, 7) is 3.58. The van der Waals surface area contributed by atoms with Gasteiger partial charge in [0.05, 0.1) is 6.54 Å². The molecule has 0 amide bonds. The fraction of sp³-hybridized carbons (Fsp3) is 0.538. The van der Waals surface area contributed by atoms with Crippen molar-refractivity contribution in [3.63, 3.8) is 0 Å². The summed E-state index contributed by atoms with van der Waals surface area (Å²) in [4.78, 5) is 8.44. The van der Waals surface area contributed by atoms with Crippen LogP contribution in [0.5, 0.6) is 0 Å². The van der Waals surface area contributed by atoms with E-state index in [-0.39, 0.29) is 0 Å². The van der Waals surface area contributed by atoms with Gasteiger partial charge < -0.3 is 11.1 Å². The van der Waals surface area contributed by atoms with Gasteiger partial charge in [-0.15, -0.1) is 0 Å². The molecule has 1 aliphatic rings. The maximum atomic E-state index is 5.81. The van der Waals surface area contributed by atoms with Crippen molar-refractivity contribution in [1.82, 2.24) is 10.3 Å². The van der Waals surface area contributed by atoms with Crippen LogP contribution in [-0.2, 0) is 6.54 Å². The first-order chi connectivity index (χ1) is 8.24. The van der Waals surface area contributed by atoms with Crippen LogP contribution < -0.4 is 11.1 Å². The third-order valence-corrected chi connectivity index (χ3v) is 3.16. The molecule has 17 heavy (non-hydrogen) atoms. The van der Waals surface area contributed by atoms with E-state index in [2.05, 4.69) is 21.4 Å². The summed E-state index contributed by atoms with van der Waals surface area (Å²) in [6, 6.07) is 2.08. The van der Waals surface area contributed by atoms with Gasteiger partial charge >= 0.3 is 0 Å². The fourth-order valence-corrected chi connectivity index (χ4v) is 1.88. The molecule has 1 aromatic rings. The summed E-state index contributed by atoms with van der Waals surface area (Å²) in [5, 5.41) is 3.18. The monoisotopic (exact) mass is 232 g/mol. The summed E-state index contributed by atoms with van der Waals surface area (Å²) in [7, 11) is 0. The van der Waals surface area contributed by atoms with E-state index in [1.165, 1.54) is 19.3 Å². The van der Waals surface area contributed by atoms with Crippen LogP contribution in [0, 0.1) is 12.8 Å². The first kappa shape index (κ1) is 11.9. The summed E-state index contributed by atoms with van der Waals surface area (Å²) < 4.78 is 0. The van der Waals surface area contributed by atoms with Crippen molar-refractivity contribution in [2.45, 2.75) is 32.7 Å². The average molecular weight is 232 g/mol. The Morgan fingerprint density at radius 3 is 3.00 bits per heavy atom. The Balaban J connectivity index is 1.78. The molecule has 0 aliphatic heterocycles. The van der Waals surface area contributed by atoms with E-state index < -0.39 is 0 Å². The fourth-order valence-electron chi connectivity index (χ4n) is 1.88. The molecule has 2 rings (SSSR count). The number of nitrogens with one attached hydrogen (secondary N) is 1. The molecule has 0 spiro atoms. The van der Waals surface area contributed by atoms with Gasteiger partial charge in [0.25, 0.3) is 0 Å². The molecular formula is C13H20N4. The van der Waals surface area contributed by atoms with Gasteiger partial charge in [0.2, 0.25) is 0 Å². The Hall–Kier alpha value is -1.58. The predicted molar refractivity (Wildman–Crippen MR) is 69.6 cm³/mol. The molecule has 1 heterocycles. The van der Waals surface area contributed by atoms with Crippen molar-refractivity contribution in [3.05, 3.63) is 29.6 Å². The molecule has 1 fully saturated rings. The SMILES string of the molecule is Cc1cncc(CN=C(N)NCC2CCC2)c1. The molecule has 0 radical (unpaired) electrons. The molecule has 4 nitrogen and oxygen atoms in total. The standard InChI is InChI=1S/C13H20N4/c1-10-5-12(7-15-6-10)9-17-13(14)16-8-11-3-2-4-11/h5-7,11H,2-4,8-9H2,1H3,(H3,14,16,17). The molecule has 3 N–H and O–H groups in total. The largest absolute Gasteiger partial charge is 0.370 e. The average Bonchev–Trinajstić information content (AvgIpc) is 2.24. The van der Waals surface area contributed by atoms with E-state index in [1.54, 1.807) is 0 Å². The number of guanidine groups is 1. The van der Waals surface area contributed by atoms with Crippen LogP contribution in [0.3, 0.4) is 0 Å². The zero-order valence-electron chi connectivity index (χ0n) is 10.3. The highest BCUT2D eigenvalue weighted by Crippen LogP contribution is 2.24. The molecule has 0 bridgehead atoms. The van der Waals surface area contributed by atoms with Gasteiger partial charge in [-0.2, -0.15) is 0 Å². The maximum Gasteiger partial charge on any atom is 0.188 e. The van der Waals surface area contributed by atoms with Crippen LogP contribution in [0.25, 0.3) is 0 Å². The van der Waals surface area contributed by atoms with Crippen molar-refractivity contribution in [2.24, 2.45) is 16.6 Å². The van der Waals surface area contributed by atoms with E-state index in [0.717, 1.165) is 23.6 Å². The van der Waals surface area contributed by atoms with Crippen molar-refractivity contribution >= 4 is 5.96 Å². The van der Waals surface area contributed by atoms with Crippen LogP contribution in [0.4, 0.5) is 0 Å². The lowest BCUT2D eigenvalue weighted by molar-refractivity contribution is 0.315. The molecule has 4 heteroatoms. The Kier molecular flexibility index (Phi) is 3.96. The molecule has 0 unspecified atom stereocenters. The van der Waals surface area contributed by atoms with Gasteiger partial charge in [-0.05, 0) is 36.8 Å². The van der Waals surface area contributed by atoms with E-state index in [1.807, 2.05) is 19.3 Å². The minimum atomic E-state index is 0.540. The van der Waals surface area contributed by atoms with Gasteiger partial charge in [0, 0.05) is 18.9 Å². The number of hydrogen-bond donors (Lipinski definition) is 2. The Morgan fingerprint density at radius 2 is 2.35 bits per heavy atom. The van der Waals surface area contributed by atoms with Gasteiger partial charge in [0.15, 0.2) is 5.96 Å². The molecule has 0 saturated heterocycles. The number of aryl methyl sites for hydroxylation is 1. The third kappa shape index (κ3) is 3.73. The molecule has 1 saturated carbocycles. The molecule has 1 aliphatic carbocycles. The predicted octanol–water partition coefficient (Wildman–Crippen LogP) is 1.59. The van der Waals surface area contributed by atoms with Crippen LogP contribution in [-0.4, -0.2) is 17.5 Å². The van der Waals surface area contributed by atoms with Crippen molar-refractivity contribution in [3.8, 4) is 0 Å². The van der Waals surface area contributed by atoms with Gasteiger partial charge in [0.1, 0.15) is 0 Å². The topological polar surface area (TPSA) is 63.3 Å². The minimum absolute atomic E-state index is 0.540. The van der Waals surface area contributed by atoms with Crippen molar-refractivity contribution < 1.29 is 0 Å². The van der Waals surface area contributed by atoms with Crippen LogP contribution in [0.15, 0.2) is 23.5 Å². The lowest BCUT2D eigenvalue weighted by atomic mass is 9.85. The highest BCUT2D eigenvalue weighted by molar-refractivity contribution is 5.77. The summed E-state index contributed by atoms with van der Waals surface area (Å²) in [6.07, 6.45) is 7.67. The Morgan fingerprint density at radius 1 is 1.53 bits per heavy atom. The quantitative estimate of drug-likeness (QED) is 0.612. The van der Waals surface area contributed by atoms with Crippen molar-refractivity contribution in [2.75, 3.05) is 6.54 Å². The van der Waals surface area contributed by atoms with Gasteiger partial charge in [-0.1, -0.05) is 12.5 Å². The number of aromatic nitrogens is 1. The molecular weight excluding hydrogens is 212 g/mol. The molecule has 1 aromatic heterocycles. The van der Waals surface area contributed by atoms with E-state index in [9.17, 15) is 0 Å². The number of hydrogen-bond acceptors (Lipinski definition) is 2. The first-order valence-electron chi connectivity index (χ1n) is 6.18. The molecule has 92 valence electrons. The number of rotatable bonds is 4. The maximum absolute atomic E-state index is 5.81. The van der Waals surface area contributed by atoms with E-state index >= 15 is 0 Å². The van der Waals surface area contributed by atoms with Gasteiger partial charge in [-0.3, -0.25) is 4.98 Å². The smallest absolute Gasteiger partial charge is 0.188 e. The number of pyridine rings is 1. The van der Waals surface area contributed by atoms with E-state index in [4.69, 9.17) is 5.73 Å². The lowest BCUT2D eigenvalue weighted by Gasteiger charge is -2.25. The third-order valence-electron chi connectivity index (χ3n) is 3.16. The molecule has 0 aromatic carbocycles. The lowest BCUT2D eigenvalue weighted by Crippen LogP contribution is -2.37. The summed E-state index contributed by atoms with van der Waals surface area (Å²) in [5.41, 5.74) is 8.05. The number of nitrogens with zero attached hydrogens (tertiary/aromatic N) is 2. The van der Waals surface area contributed by atoms with Crippen LogP contribution in [0.2, 0.25) is 0 Å². The normalized spacial score (nSPS) is 16.6. The summed E-state index contributed by atoms with van der Waals surface area (Å²) in [5.74, 6) is 1.34. The molecule has 0 atom stereocenters. The first-order valence-corrected chi connectivity index (χ1v) is 6.18.